The minimum Gasteiger partial charge on any atom is -0.179 e. The fraction of sp³-hybridized carbons (Fsp3) is 0.250. The molecule has 0 aliphatic heterocycles. The first-order valence-electron chi connectivity index (χ1n) is 6.06. The quantitative estimate of drug-likeness (QED) is 0.748. The molecule has 0 amide bonds. The molecule has 1 heteroatoms. The van der Waals surface area contributed by atoms with Crippen molar-refractivity contribution in [1.82, 2.24) is 0 Å². The number of hydrogen-bond acceptors (Lipinski definition) is 1. The van der Waals surface area contributed by atoms with Crippen molar-refractivity contribution in [3.63, 3.8) is 0 Å². The van der Waals surface area contributed by atoms with E-state index in [0.717, 1.165) is 18.6 Å². The van der Waals surface area contributed by atoms with Crippen LogP contribution < -0.4 is 0 Å². The van der Waals surface area contributed by atoms with Gasteiger partial charge in [0.15, 0.2) is 0 Å². The monoisotopic (exact) mass is 242 g/mol. The van der Waals surface area contributed by atoms with Gasteiger partial charge in [0.2, 0.25) is 0 Å². The van der Waals surface area contributed by atoms with Crippen LogP contribution in [0.1, 0.15) is 17.5 Å². The smallest absolute Gasteiger partial charge is 0.00947 e. The van der Waals surface area contributed by atoms with Crippen LogP contribution in [0.15, 0.2) is 48.5 Å². The van der Waals surface area contributed by atoms with E-state index in [4.69, 9.17) is 0 Å². The van der Waals surface area contributed by atoms with Gasteiger partial charge in [-0.15, -0.1) is 0 Å². The molecule has 2 rings (SSSR count). The third kappa shape index (κ3) is 3.37. The number of hydrogen-bond donors (Lipinski definition) is 1. The van der Waals surface area contributed by atoms with Crippen molar-refractivity contribution < 1.29 is 0 Å². The van der Waals surface area contributed by atoms with Crippen molar-refractivity contribution in [1.29, 1.82) is 0 Å². The highest BCUT2D eigenvalue weighted by Crippen LogP contribution is 2.20. The Labute approximate surface area is 109 Å². The Morgan fingerprint density at radius 1 is 0.824 bits per heavy atom. The zero-order valence-corrected chi connectivity index (χ0v) is 11.1. The standard InChI is InChI=1S/C16H18S/c1-13-4-8-15(9-5-13)16-10-6-14(7-11-16)3-2-12-17/h4-11,17H,2-3,12H2,1H3. The molecule has 0 spiro atoms. The first kappa shape index (κ1) is 12.3. The molecule has 2 aromatic carbocycles. The normalized spacial score (nSPS) is 10.5. The van der Waals surface area contributed by atoms with Crippen molar-refractivity contribution in [3.8, 4) is 11.1 Å². The Balaban J connectivity index is 2.14. The van der Waals surface area contributed by atoms with Gasteiger partial charge in [0.1, 0.15) is 0 Å². The van der Waals surface area contributed by atoms with Crippen LogP contribution in [0.3, 0.4) is 0 Å². The Kier molecular flexibility index (Phi) is 4.27. The van der Waals surface area contributed by atoms with Crippen molar-refractivity contribution in [2.75, 3.05) is 5.75 Å². The molecular formula is C16H18S. The lowest BCUT2D eigenvalue weighted by atomic mass is 10.0. The summed E-state index contributed by atoms with van der Waals surface area (Å²) in [7, 11) is 0. The van der Waals surface area contributed by atoms with Gasteiger partial charge in [0.05, 0.1) is 0 Å². The molecule has 0 aliphatic carbocycles. The zero-order chi connectivity index (χ0) is 12.1. The van der Waals surface area contributed by atoms with Gasteiger partial charge in [-0.3, -0.25) is 0 Å². The maximum absolute atomic E-state index is 4.24. The molecule has 0 unspecified atom stereocenters. The van der Waals surface area contributed by atoms with Crippen molar-refractivity contribution in [2.24, 2.45) is 0 Å². The van der Waals surface area contributed by atoms with Crippen LogP contribution in [0.5, 0.6) is 0 Å². The van der Waals surface area contributed by atoms with Crippen LogP contribution in [0.4, 0.5) is 0 Å². The second-order valence-electron chi connectivity index (χ2n) is 4.39. The Morgan fingerprint density at radius 3 is 1.88 bits per heavy atom. The Bertz CT molecular complexity index is 454. The molecule has 2 aromatic rings. The van der Waals surface area contributed by atoms with E-state index in [-0.39, 0.29) is 0 Å². The maximum Gasteiger partial charge on any atom is -0.00947 e. The average Bonchev–Trinajstić information content (AvgIpc) is 2.38. The number of thiol groups is 1. The molecule has 0 N–H and O–H groups in total. The fourth-order valence-electron chi connectivity index (χ4n) is 1.89. The lowest BCUT2D eigenvalue weighted by Gasteiger charge is -2.04. The highest BCUT2D eigenvalue weighted by Gasteiger charge is 1.97. The second kappa shape index (κ2) is 5.92. The summed E-state index contributed by atoms with van der Waals surface area (Å²) in [6, 6.07) is 17.5. The maximum atomic E-state index is 4.24. The molecule has 0 fully saturated rings. The minimum atomic E-state index is 0.958. The van der Waals surface area contributed by atoms with E-state index in [9.17, 15) is 0 Å². The summed E-state index contributed by atoms with van der Waals surface area (Å²) in [5.41, 5.74) is 5.28. The molecule has 17 heavy (non-hydrogen) atoms. The second-order valence-corrected chi connectivity index (χ2v) is 4.84. The van der Waals surface area contributed by atoms with Crippen LogP contribution in [-0.2, 0) is 6.42 Å². The van der Waals surface area contributed by atoms with Gasteiger partial charge in [-0.25, -0.2) is 0 Å². The summed E-state index contributed by atoms with van der Waals surface area (Å²) < 4.78 is 0. The fourth-order valence-corrected chi connectivity index (χ4v) is 2.05. The summed E-state index contributed by atoms with van der Waals surface area (Å²) in [5.74, 6) is 0.958. The first-order valence-corrected chi connectivity index (χ1v) is 6.69. The molecule has 0 aromatic heterocycles. The van der Waals surface area contributed by atoms with E-state index in [2.05, 4.69) is 68.1 Å². The van der Waals surface area contributed by atoms with Gasteiger partial charge in [-0.1, -0.05) is 54.1 Å². The predicted octanol–water partition coefficient (Wildman–Crippen LogP) is 4.52. The largest absolute Gasteiger partial charge is 0.179 e. The average molecular weight is 242 g/mol. The predicted molar refractivity (Wildman–Crippen MR) is 78.8 cm³/mol. The van der Waals surface area contributed by atoms with E-state index in [1.54, 1.807) is 0 Å². The van der Waals surface area contributed by atoms with Crippen molar-refractivity contribution in [2.45, 2.75) is 19.8 Å². The van der Waals surface area contributed by atoms with Gasteiger partial charge in [-0.2, -0.15) is 12.6 Å². The lowest BCUT2D eigenvalue weighted by molar-refractivity contribution is 0.936. The van der Waals surface area contributed by atoms with Crippen LogP contribution in [0.2, 0.25) is 0 Å². The van der Waals surface area contributed by atoms with Crippen LogP contribution >= 0.6 is 12.6 Å². The van der Waals surface area contributed by atoms with Crippen LogP contribution in [-0.4, -0.2) is 5.75 Å². The SMILES string of the molecule is Cc1ccc(-c2ccc(CCCS)cc2)cc1. The van der Waals surface area contributed by atoms with Gasteiger partial charge in [0.25, 0.3) is 0 Å². The molecular weight excluding hydrogens is 224 g/mol. The van der Waals surface area contributed by atoms with E-state index in [1.165, 1.54) is 22.3 Å². The van der Waals surface area contributed by atoms with Gasteiger partial charge >= 0.3 is 0 Å². The van der Waals surface area contributed by atoms with E-state index >= 15 is 0 Å². The summed E-state index contributed by atoms with van der Waals surface area (Å²) in [5, 5.41) is 0. The molecule has 0 heterocycles. The minimum absolute atomic E-state index is 0.958. The molecule has 0 nitrogen and oxygen atoms in total. The van der Waals surface area contributed by atoms with E-state index in [1.807, 2.05) is 0 Å². The van der Waals surface area contributed by atoms with Gasteiger partial charge in [-0.05, 0) is 42.2 Å². The van der Waals surface area contributed by atoms with Crippen molar-refractivity contribution >= 4 is 12.6 Å². The highest BCUT2D eigenvalue weighted by molar-refractivity contribution is 7.80. The molecule has 0 saturated heterocycles. The third-order valence-electron chi connectivity index (χ3n) is 2.96. The molecule has 0 aliphatic rings. The molecule has 88 valence electrons. The van der Waals surface area contributed by atoms with E-state index in [0.29, 0.717) is 0 Å². The van der Waals surface area contributed by atoms with Gasteiger partial charge in [0, 0.05) is 0 Å². The summed E-state index contributed by atoms with van der Waals surface area (Å²) >= 11 is 4.24. The third-order valence-corrected chi connectivity index (χ3v) is 3.28. The lowest BCUT2D eigenvalue weighted by Crippen LogP contribution is -1.86. The van der Waals surface area contributed by atoms with Crippen LogP contribution in [0.25, 0.3) is 11.1 Å². The Hall–Kier alpha value is -1.21. The number of rotatable bonds is 4. The van der Waals surface area contributed by atoms with Crippen LogP contribution in [0, 0.1) is 6.92 Å². The first-order chi connectivity index (χ1) is 8.29. The summed E-state index contributed by atoms with van der Waals surface area (Å²) in [6.07, 6.45) is 2.27. The molecule has 0 radical (unpaired) electrons. The highest BCUT2D eigenvalue weighted by atomic mass is 32.1. The van der Waals surface area contributed by atoms with Gasteiger partial charge < -0.3 is 0 Å². The zero-order valence-electron chi connectivity index (χ0n) is 10.2. The molecule has 0 bridgehead atoms. The molecule has 0 atom stereocenters. The topological polar surface area (TPSA) is 0 Å². The van der Waals surface area contributed by atoms with E-state index < -0.39 is 0 Å². The Morgan fingerprint density at radius 2 is 1.35 bits per heavy atom. The summed E-state index contributed by atoms with van der Waals surface area (Å²) in [4.78, 5) is 0. The number of benzene rings is 2. The summed E-state index contributed by atoms with van der Waals surface area (Å²) in [6.45, 7) is 2.12. The number of aryl methyl sites for hydroxylation is 2. The van der Waals surface area contributed by atoms with Crippen molar-refractivity contribution in [3.05, 3.63) is 59.7 Å². The molecule has 0 saturated carbocycles.